The van der Waals surface area contributed by atoms with Crippen molar-refractivity contribution in [3.8, 4) is 11.4 Å². The van der Waals surface area contributed by atoms with Crippen LogP contribution in [0.4, 0.5) is 16.3 Å². The van der Waals surface area contributed by atoms with Gasteiger partial charge in [0.05, 0.1) is 6.20 Å². The molecular formula is C25H34N6O3. The van der Waals surface area contributed by atoms with Gasteiger partial charge in [-0.3, -0.25) is 9.78 Å². The Bertz CT molecular complexity index is 1060. The predicted octanol–water partition coefficient (Wildman–Crippen LogP) is 4.07. The van der Waals surface area contributed by atoms with E-state index in [0.29, 0.717) is 11.9 Å². The summed E-state index contributed by atoms with van der Waals surface area (Å²) in [4.78, 5) is 43.0. The maximum absolute atomic E-state index is 13.1. The molecule has 9 nitrogen and oxygen atoms in total. The number of rotatable bonds is 5. The van der Waals surface area contributed by atoms with Gasteiger partial charge in [0.2, 0.25) is 5.91 Å². The Kier molecular flexibility index (Phi) is 6.72. The lowest BCUT2D eigenvalue weighted by molar-refractivity contribution is -0.120. The summed E-state index contributed by atoms with van der Waals surface area (Å²) < 4.78 is 5.35. The lowest BCUT2D eigenvalue weighted by atomic mass is 10.0. The number of alkyl carbamates (subject to hydrolysis) is 1. The van der Waals surface area contributed by atoms with Gasteiger partial charge in [-0.1, -0.05) is 19.8 Å². The Morgan fingerprint density at radius 2 is 1.97 bits per heavy atom. The van der Waals surface area contributed by atoms with E-state index >= 15 is 0 Å². The highest BCUT2D eigenvalue weighted by atomic mass is 16.6. The van der Waals surface area contributed by atoms with Crippen molar-refractivity contribution in [3.63, 3.8) is 0 Å². The molecule has 1 saturated carbocycles. The second-order valence-electron chi connectivity index (χ2n) is 9.96. The maximum atomic E-state index is 13.1. The summed E-state index contributed by atoms with van der Waals surface area (Å²) in [5.41, 5.74) is 1.72. The van der Waals surface area contributed by atoms with Crippen molar-refractivity contribution < 1.29 is 14.3 Å². The van der Waals surface area contributed by atoms with Gasteiger partial charge >= 0.3 is 6.09 Å². The zero-order valence-corrected chi connectivity index (χ0v) is 20.7. The monoisotopic (exact) mass is 466 g/mol. The molecule has 2 aromatic heterocycles. The molecule has 182 valence electrons. The Hall–Kier alpha value is -3.23. The number of likely N-dealkylation sites (N-methyl/N-ethyl adjacent to an activating group) is 1. The molecule has 0 spiro atoms. The van der Waals surface area contributed by atoms with Crippen LogP contribution in [0.15, 0.2) is 24.7 Å². The van der Waals surface area contributed by atoms with E-state index in [9.17, 15) is 9.59 Å². The summed E-state index contributed by atoms with van der Waals surface area (Å²) in [6.07, 6.45) is 9.81. The van der Waals surface area contributed by atoms with Crippen LogP contribution in [0.2, 0.25) is 0 Å². The van der Waals surface area contributed by atoms with Crippen LogP contribution in [0.3, 0.4) is 0 Å². The fourth-order valence-corrected chi connectivity index (χ4v) is 4.78. The van der Waals surface area contributed by atoms with Crippen LogP contribution in [0.5, 0.6) is 0 Å². The maximum Gasteiger partial charge on any atom is 0.407 e. The van der Waals surface area contributed by atoms with Crippen LogP contribution in [0.1, 0.15) is 65.4 Å². The minimum absolute atomic E-state index is 0.0874. The number of pyridine rings is 1. The molecule has 1 aliphatic carbocycles. The van der Waals surface area contributed by atoms with Crippen molar-refractivity contribution in [1.82, 2.24) is 20.3 Å². The van der Waals surface area contributed by atoms with Crippen molar-refractivity contribution in [2.75, 3.05) is 16.8 Å². The first-order valence-corrected chi connectivity index (χ1v) is 12.0. The van der Waals surface area contributed by atoms with Crippen LogP contribution in [-0.4, -0.2) is 51.7 Å². The third-order valence-corrected chi connectivity index (χ3v) is 6.38. The van der Waals surface area contributed by atoms with Crippen molar-refractivity contribution in [2.45, 2.75) is 84.0 Å². The molecule has 2 aliphatic rings. The lowest BCUT2D eigenvalue weighted by Crippen LogP contribution is -2.55. The number of hydrogen-bond acceptors (Lipinski definition) is 7. The molecule has 2 amide bonds. The van der Waals surface area contributed by atoms with E-state index in [-0.39, 0.29) is 18.5 Å². The molecular weight excluding hydrogens is 432 g/mol. The van der Waals surface area contributed by atoms with Gasteiger partial charge in [-0.2, -0.15) is 0 Å². The standard InChI is InChI=1S/C25H34N6O3/c1-6-19-23(32)30(5)20-15-27-21(29-22(20)31(19)17-9-7-8-10-17)18-11-12-26-13-16(18)14-28-24(33)34-25(2,3)4/h11-13,15,17,19H,6-10,14H2,1-5H3,(H,28,33)/t19-/m1/s1. The molecule has 34 heavy (non-hydrogen) atoms. The molecule has 1 fully saturated rings. The van der Waals surface area contributed by atoms with Gasteiger partial charge in [-0.25, -0.2) is 14.8 Å². The van der Waals surface area contributed by atoms with E-state index in [1.807, 2.05) is 26.8 Å². The summed E-state index contributed by atoms with van der Waals surface area (Å²) >= 11 is 0. The van der Waals surface area contributed by atoms with Crippen LogP contribution in [0.25, 0.3) is 11.4 Å². The molecule has 2 aromatic rings. The number of ether oxygens (including phenoxy) is 1. The topological polar surface area (TPSA) is 101 Å². The molecule has 0 saturated heterocycles. The molecule has 0 unspecified atom stereocenters. The fourth-order valence-electron chi connectivity index (χ4n) is 4.78. The summed E-state index contributed by atoms with van der Waals surface area (Å²) in [7, 11) is 1.79. The van der Waals surface area contributed by atoms with Gasteiger partial charge in [0.25, 0.3) is 0 Å². The normalized spacial score (nSPS) is 18.7. The van der Waals surface area contributed by atoms with Gasteiger partial charge < -0.3 is 19.9 Å². The zero-order chi connectivity index (χ0) is 24.5. The molecule has 0 bridgehead atoms. The Morgan fingerprint density at radius 3 is 2.65 bits per heavy atom. The SMILES string of the molecule is CC[C@@H]1C(=O)N(C)c2cnc(-c3ccncc3CNC(=O)OC(C)(C)C)nc2N1C1CCCC1. The number of hydrogen-bond donors (Lipinski definition) is 1. The molecule has 1 aliphatic heterocycles. The summed E-state index contributed by atoms with van der Waals surface area (Å²) in [5, 5.41) is 2.79. The second-order valence-corrected chi connectivity index (χ2v) is 9.96. The number of aromatic nitrogens is 3. The number of fused-ring (bicyclic) bond motifs is 1. The highest BCUT2D eigenvalue weighted by Gasteiger charge is 2.41. The quantitative estimate of drug-likeness (QED) is 0.709. The summed E-state index contributed by atoms with van der Waals surface area (Å²) in [5.74, 6) is 1.43. The van der Waals surface area contributed by atoms with E-state index in [0.717, 1.165) is 41.9 Å². The van der Waals surface area contributed by atoms with Gasteiger partial charge in [0.15, 0.2) is 11.6 Å². The van der Waals surface area contributed by atoms with Crippen LogP contribution >= 0.6 is 0 Å². The van der Waals surface area contributed by atoms with Gasteiger partial charge in [0, 0.05) is 43.2 Å². The number of amides is 2. The van der Waals surface area contributed by atoms with Crippen LogP contribution in [-0.2, 0) is 16.1 Å². The minimum Gasteiger partial charge on any atom is -0.444 e. The summed E-state index contributed by atoms with van der Waals surface area (Å²) in [6.45, 7) is 7.76. The smallest absolute Gasteiger partial charge is 0.407 e. The van der Waals surface area contributed by atoms with Crippen molar-refractivity contribution >= 4 is 23.5 Å². The van der Waals surface area contributed by atoms with E-state index in [1.165, 1.54) is 12.8 Å². The van der Waals surface area contributed by atoms with E-state index in [2.05, 4.69) is 27.1 Å². The first-order valence-electron chi connectivity index (χ1n) is 12.0. The van der Waals surface area contributed by atoms with Crippen molar-refractivity contribution in [2.24, 2.45) is 0 Å². The molecule has 1 atom stereocenters. The van der Waals surface area contributed by atoms with Gasteiger partial charge in [-0.05, 0) is 46.1 Å². The predicted molar refractivity (Wildman–Crippen MR) is 131 cm³/mol. The minimum atomic E-state index is -0.577. The second kappa shape index (κ2) is 9.56. The van der Waals surface area contributed by atoms with Gasteiger partial charge in [0.1, 0.15) is 17.3 Å². The van der Waals surface area contributed by atoms with Gasteiger partial charge in [-0.15, -0.1) is 0 Å². The van der Waals surface area contributed by atoms with E-state index in [1.54, 1.807) is 30.5 Å². The van der Waals surface area contributed by atoms with Crippen LogP contribution in [0, 0.1) is 0 Å². The van der Waals surface area contributed by atoms with Crippen molar-refractivity contribution in [1.29, 1.82) is 0 Å². The third kappa shape index (κ3) is 4.83. The third-order valence-electron chi connectivity index (χ3n) is 6.38. The Balaban J connectivity index is 1.68. The number of anilines is 2. The lowest BCUT2D eigenvalue weighted by Gasteiger charge is -2.43. The average molecular weight is 467 g/mol. The van der Waals surface area contributed by atoms with E-state index < -0.39 is 11.7 Å². The molecule has 4 rings (SSSR count). The van der Waals surface area contributed by atoms with Crippen molar-refractivity contribution in [3.05, 3.63) is 30.2 Å². The molecule has 0 radical (unpaired) electrons. The largest absolute Gasteiger partial charge is 0.444 e. The Labute approximate surface area is 200 Å². The molecule has 3 heterocycles. The first-order chi connectivity index (χ1) is 16.2. The zero-order valence-electron chi connectivity index (χ0n) is 20.7. The molecule has 9 heteroatoms. The number of nitrogens with one attached hydrogen (secondary N) is 1. The molecule has 1 N–H and O–H groups in total. The number of carbonyl (C=O) groups excluding carboxylic acids is 2. The summed E-state index contributed by atoms with van der Waals surface area (Å²) in [6, 6.07) is 1.92. The Morgan fingerprint density at radius 1 is 1.24 bits per heavy atom. The highest BCUT2D eigenvalue weighted by Crippen LogP contribution is 2.40. The van der Waals surface area contributed by atoms with E-state index in [4.69, 9.17) is 9.72 Å². The number of carbonyl (C=O) groups is 2. The fraction of sp³-hybridized carbons (Fsp3) is 0.560. The first kappa shape index (κ1) is 23.9. The molecule has 0 aromatic carbocycles. The highest BCUT2D eigenvalue weighted by molar-refractivity contribution is 6.04. The van der Waals surface area contributed by atoms with Crippen LogP contribution < -0.4 is 15.1 Å². The average Bonchev–Trinajstić information content (AvgIpc) is 3.33. The number of nitrogens with zero attached hydrogens (tertiary/aromatic N) is 5.